The van der Waals surface area contributed by atoms with Gasteiger partial charge in [-0.2, -0.15) is 0 Å². The van der Waals surface area contributed by atoms with E-state index in [1.807, 2.05) is 6.07 Å². The number of urea groups is 1. The summed E-state index contributed by atoms with van der Waals surface area (Å²) in [6, 6.07) is 13.2. The first-order chi connectivity index (χ1) is 13.8. The predicted octanol–water partition coefficient (Wildman–Crippen LogP) is 1.76. The molecule has 1 saturated heterocycles. The molecule has 3 rings (SSSR count). The van der Waals surface area contributed by atoms with E-state index in [2.05, 4.69) is 16.0 Å². The predicted molar refractivity (Wildman–Crippen MR) is 107 cm³/mol. The van der Waals surface area contributed by atoms with Crippen molar-refractivity contribution in [2.45, 2.75) is 19.4 Å². The van der Waals surface area contributed by atoms with E-state index in [9.17, 15) is 19.2 Å². The second-order valence-corrected chi connectivity index (χ2v) is 6.92. The summed E-state index contributed by atoms with van der Waals surface area (Å²) in [6.45, 7) is 2.88. The molecule has 1 aliphatic rings. The summed E-state index contributed by atoms with van der Waals surface area (Å²) >= 11 is 0. The first kappa shape index (κ1) is 20.1. The Bertz CT molecular complexity index is 989. The highest BCUT2D eigenvalue weighted by Crippen LogP contribution is 2.28. The molecule has 1 fully saturated rings. The number of imide groups is 1. The van der Waals surface area contributed by atoms with Gasteiger partial charge in [0.2, 0.25) is 5.91 Å². The maximum atomic E-state index is 12.9. The van der Waals surface area contributed by atoms with Crippen LogP contribution in [0.3, 0.4) is 0 Å². The molecule has 5 amide bonds. The molecule has 1 unspecified atom stereocenters. The first-order valence-corrected chi connectivity index (χ1v) is 9.09. The third-order valence-electron chi connectivity index (χ3n) is 5.01. The molecule has 0 aromatic heterocycles. The Morgan fingerprint density at radius 3 is 2.41 bits per heavy atom. The van der Waals surface area contributed by atoms with Crippen LogP contribution >= 0.6 is 0 Å². The molecular weight excluding hydrogens is 372 g/mol. The van der Waals surface area contributed by atoms with E-state index in [1.54, 1.807) is 56.3 Å². The van der Waals surface area contributed by atoms with Gasteiger partial charge in [0.15, 0.2) is 0 Å². The Hall–Kier alpha value is -3.68. The number of anilines is 1. The van der Waals surface area contributed by atoms with E-state index in [0.29, 0.717) is 22.4 Å². The zero-order valence-electron chi connectivity index (χ0n) is 16.4. The molecule has 0 spiro atoms. The van der Waals surface area contributed by atoms with Crippen molar-refractivity contribution in [3.05, 3.63) is 65.2 Å². The molecule has 0 radical (unpaired) electrons. The van der Waals surface area contributed by atoms with Crippen LogP contribution in [0, 0.1) is 6.92 Å². The smallest absolute Gasteiger partial charge is 0.325 e. The van der Waals surface area contributed by atoms with Crippen LogP contribution in [0.15, 0.2) is 48.5 Å². The molecule has 29 heavy (non-hydrogen) atoms. The van der Waals surface area contributed by atoms with Crippen LogP contribution in [0.4, 0.5) is 10.5 Å². The second kappa shape index (κ2) is 7.75. The van der Waals surface area contributed by atoms with Gasteiger partial charge in [-0.25, -0.2) is 4.79 Å². The highest BCUT2D eigenvalue weighted by atomic mass is 16.2. The summed E-state index contributed by atoms with van der Waals surface area (Å²) in [4.78, 5) is 50.6. The maximum absolute atomic E-state index is 12.9. The van der Waals surface area contributed by atoms with Crippen molar-refractivity contribution >= 4 is 29.4 Å². The average Bonchev–Trinajstić information content (AvgIpc) is 2.93. The van der Waals surface area contributed by atoms with Gasteiger partial charge in [0.1, 0.15) is 12.1 Å². The SMILES string of the molecule is CNC(=O)c1cccc(NC(=O)CN2C(=O)NC(C)(c3ccccc3)C2=O)c1C. The van der Waals surface area contributed by atoms with Crippen molar-refractivity contribution < 1.29 is 19.2 Å². The maximum Gasteiger partial charge on any atom is 0.325 e. The van der Waals surface area contributed by atoms with Crippen LogP contribution in [-0.4, -0.2) is 42.2 Å². The molecule has 3 N–H and O–H groups in total. The number of nitrogens with zero attached hydrogens (tertiary/aromatic N) is 1. The fourth-order valence-corrected chi connectivity index (χ4v) is 3.29. The van der Waals surface area contributed by atoms with Crippen LogP contribution in [0.5, 0.6) is 0 Å². The molecule has 1 heterocycles. The van der Waals surface area contributed by atoms with E-state index < -0.39 is 29.9 Å². The van der Waals surface area contributed by atoms with Crippen molar-refractivity contribution in [1.82, 2.24) is 15.5 Å². The number of benzene rings is 2. The number of carbonyl (C=O) groups excluding carboxylic acids is 4. The molecule has 1 atom stereocenters. The van der Waals surface area contributed by atoms with E-state index in [0.717, 1.165) is 4.90 Å². The number of nitrogens with one attached hydrogen (secondary N) is 3. The number of hydrogen-bond acceptors (Lipinski definition) is 4. The summed E-state index contributed by atoms with van der Waals surface area (Å²) in [6.07, 6.45) is 0. The van der Waals surface area contributed by atoms with E-state index in [-0.39, 0.29) is 5.91 Å². The average molecular weight is 394 g/mol. The van der Waals surface area contributed by atoms with Crippen LogP contribution in [0.25, 0.3) is 0 Å². The van der Waals surface area contributed by atoms with Crippen molar-refractivity contribution in [3.63, 3.8) is 0 Å². The lowest BCUT2D eigenvalue weighted by atomic mass is 9.92. The molecule has 8 heteroatoms. The lowest BCUT2D eigenvalue weighted by Gasteiger charge is -2.22. The summed E-state index contributed by atoms with van der Waals surface area (Å²) < 4.78 is 0. The minimum atomic E-state index is -1.23. The van der Waals surface area contributed by atoms with Crippen LogP contribution in [-0.2, 0) is 15.1 Å². The monoisotopic (exact) mass is 394 g/mol. The lowest BCUT2D eigenvalue weighted by molar-refractivity contribution is -0.133. The van der Waals surface area contributed by atoms with Gasteiger partial charge in [0.05, 0.1) is 0 Å². The van der Waals surface area contributed by atoms with Crippen LogP contribution < -0.4 is 16.0 Å². The zero-order valence-corrected chi connectivity index (χ0v) is 16.4. The molecule has 0 aliphatic carbocycles. The first-order valence-electron chi connectivity index (χ1n) is 9.09. The summed E-state index contributed by atoms with van der Waals surface area (Å²) in [5, 5.41) is 7.88. The van der Waals surface area contributed by atoms with Crippen molar-refractivity contribution in [2.24, 2.45) is 0 Å². The van der Waals surface area contributed by atoms with E-state index >= 15 is 0 Å². The molecule has 2 aromatic carbocycles. The number of carbonyl (C=O) groups is 4. The summed E-state index contributed by atoms with van der Waals surface area (Å²) in [5.74, 6) is -1.31. The Balaban J connectivity index is 1.76. The quantitative estimate of drug-likeness (QED) is 0.672. The van der Waals surface area contributed by atoms with E-state index in [1.165, 1.54) is 7.05 Å². The lowest BCUT2D eigenvalue weighted by Crippen LogP contribution is -2.42. The van der Waals surface area contributed by atoms with Crippen molar-refractivity contribution in [2.75, 3.05) is 18.9 Å². The summed E-state index contributed by atoms with van der Waals surface area (Å²) in [7, 11) is 1.52. The minimum absolute atomic E-state index is 0.272. The number of hydrogen-bond donors (Lipinski definition) is 3. The fourth-order valence-electron chi connectivity index (χ4n) is 3.29. The molecule has 0 saturated carbocycles. The topological polar surface area (TPSA) is 108 Å². The van der Waals surface area contributed by atoms with Crippen molar-refractivity contribution in [3.8, 4) is 0 Å². The van der Waals surface area contributed by atoms with E-state index in [4.69, 9.17) is 0 Å². The molecule has 0 bridgehead atoms. The Morgan fingerprint density at radius 1 is 1.07 bits per heavy atom. The standard InChI is InChI=1S/C21H22N4O4/c1-13-15(18(27)22-3)10-7-11-16(13)23-17(26)12-25-19(28)21(2,24-20(25)29)14-8-5-4-6-9-14/h4-11H,12H2,1-3H3,(H,22,27)(H,23,26)(H,24,29). The molecule has 1 aliphatic heterocycles. The highest BCUT2D eigenvalue weighted by Gasteiger charge is 2.49. The highest BCUT2D eigenvalue weighted by molar-refractivity contribution is 6.10. The summed E-state index contributed by atoms with van der Waals surface area (Å²) in [5.41, 5.74) is 0.862. The number of amides is 5. The Morgan fingerprint density at radius 2 is 1.76 bits per heavy atom. The van der Waals surface area contributed by atoms with Gasteiger partial charge in [-0.15, -0.1) is 0 Å². The van der Waals surface area contributed by atoms with Gasteiger partial charge in [-0.1, -0.05) is 36.4 Å². The van der Waals surface area contributed by atoms with Gasteiger partial charge in [-0.3, -0.25) is 19.3 Å². The van der Waals surface area contributed by atoms with Crippen LogP contribution in [0.1, 0.15) is 28.4 Å². The zero-order chi connectivity index (χ0) is 21.2. The van der Waals surface area contributed by atoms with Gasteiger partial charge < -0.3 is 16.0 Å². The van der Waals surface area contributed by atoms with Gasteiger partial charge in [0.25, 0.3) is 11.8 Å². The Labute approximate surface area is 168 Å². The van der Waals surface area contributed by atoms with Gasteiger partial charge >= 0.3 is 6.03 Å². The third kappa shape index (κ3) is 3.69. The van der Waals surface area contributed by atoms with Gasteiger partial charge in [-0.05, 0) is 37.1 Å². The van der Waals surface area contributed by atoms with Gasteiger partial charge in [0, 0.05) is 18.3 Å². The second-order valence-electron chi connectivity index (χ2n) is 6.92. The van der Waals surface area contributed by atoms with Crippen molar-refractivity contribution in [1.29, 1.82) is 0 Å². The minimum Gasteiger partial charge on any atom is -0.355 e. The normalized spacial score (nSPS) is 18.4. The molecule has 150 valence electrons. The largest absolute Gasteiger partial charge is 0.355 e. The fraction of sp³-hybridized carbons (Fsp3) is 0.238. The Kier molecular flexibility index (Phi) is 5.36. The van der Waals surface area contributed by atoms with Crippen LogP contribution in [0.2, 0.25) is 0 Å². The molecular formula is C21H22N4O4. The molecule has 2 aromatic rings. The third-order valence-corrected chi connectivity index (χ3v) is 5.01. The number of rotatable bonds is 5. The molecule has 8 nitrogen and oxygen atoms in total.